The second-order valence-electron chi connectivity index (χ2n) is 7.94. The van der Waals surface area contributed by atoms with Crippen LogP contribution in [0.4, 0.5) is 5.82 Å². The van der Waals surface area contributed by atoms with Crippen molar-refractivity contribution in [1.29, 1.82) is 0 Å². The fourth-order valence-corrected chi connectivity index (χ4v) is 4.20. The molecule has 5 rings (SSSR count). The van der Waals surface area contributed by atoms with Crippen molar-refractivity contribution in [3.63, 3.8) is 0 Å². The van der Waals surface area contributed by atoms with E-state index in [1.165, 1.54) is 0 Å². The summed E-state index contributed by atoms with van der Waals surface area (Å²) in [5.41, 5.74) is 3.46. The Hall–Kier alpha value is -3.58. The maximum atomic E-state index is 6.39. The van der Waals surface area contributed by atoms with Crippen LogP contribution < -0.4 is 14.4 Å². The number of likely N-dealkylation sites (N-methyl/N-ethyl adjacent to an activating group) is 1. The van der Waals surface area contributed by atoms with Crippen LogP contribution in [0.1, 0.15) is 0 Å². The van der Waals surface area contributed by atoms with Gasteiger partial charge >= 0.3 is 0 Å². The summed E-state index contributed by atoms with van der Waals surface area (Å²) in [4.78, 5) is 13.8. The normalized spacial score (nSPS) is 14.7. The molecule has 1 aliphatic rings. The lowest BCUT2D eigenvalue weighted by atomic mass is 9.98. The third-order valence-corrected chi connectivity index (χ3v) is 5.95. The average molecular weight is 431 g/mol. The molecule has 0 atom stereocenters. The molecule has 0 radical (unpaired) electrons. The van der Waals surface area contributed by atoms with Gasteiger partial charge in [0.1, 0.15) is 29.4 Å². The number of piperazine rings is 1. The van der Waals surface area contributed by atoms with Crippen molar-refractivity contribution in [2.24, 2.45) is 0 Å². The van der Waals surface area contributed by atoms with E-state index in [4.69, 9.17) is 18.9 Å². The number of nitrogens with zero attached hydrogens (tertiary/aromatic N) is 4. The molecule has 1 saturated heterocycles. The number of furan rings is 1. The number of hydrogen-bond acceptors (Lipinski definition) is 7. The van der Waals surface area contributed by atoms with Gasteiger partial charge in [0.25, 0.3) is 0 Å². The highest BCUT2D eigenvalue weighted by atomic mass is 16.5. The van der Waals surface area contributed by atoms with E-state index < -0.39 is 0 Å². The van der Waals surface area contributed by atoms with Crippen LogP contribution in [0.25, 0.3) is 33.6 Å². The van der Waals surface area contributed by atoms with Crippen molar-refractivity contribution in [2.45, 2.75) is 0 Å². The predicted octanol–water partition coefficient (Wildman–Crippen LogP) is 4.33. The first-order chi connectivity index (χ1) is 15.7. The lowest BCUT2D eigenvalue weighted by molar-refractivity contribution is 0.312. The van der Waals surface area contributed by atoms with Crippen molar-refractivity contribution in [1.82, 2.24) is 14.9 Å². The quantitative estimate of drug-likeness (QED) is 0.467. The minimum atomic E-state index is 0.574. The Morgan fingerprint density at radius 1 is 0.844 bits per heavy atom. The van der Waals surface area contributed by atoms with Gasteiger partial charge in [-0.05, 0) is 24.7 Å². The molecule has 4 aromatic rings. The van der Waals surface area contributed by atoms with Crippen LogP contribution in [0.3, 0.4) is 0 Å². The van der Waals surface area contributed by atoms with E-state index in [-0.39, 0.29) is 0 Å². The standard InChI is InChI=1S/C25H26N4O3/c1-28-9-11-29(12-10-28)24-22-21(17-7-5-4-6-8-17)23(32-25(22)27-16-26-24)18-13-19(30-2)15-20(14-18)31-3/h4-8,13-16H,9-12H2,1-3H3. The SMILES string of the molecule is COc1cc(OC)cc(-c2oc3ncnc(N4CCN(C)CC4)c3c2-c2ccccc2)c1. The van der Waals surface area contributed by atoms with E-state index in [2.05, 4.69) is 34.0 Å². The highest BCUT2D eigenvalue weighted by molar-refractivity contribution is 6.06. The summed E-state index contributed by atoms with van der Waals surface area (Å²) in [7, 11) is 5.44. The van der Waals surface area contributed by atoms with Crippen LogP contribution in [-0.4, -0.2) is 62.3 Å². The molecule has 0 bridgehead atoms. The maximum Gasteiger partial charge on any atom is 0.232 e. The molecule has 1 fully saturated rings. The van der Waals surface area contributed by atoms with Crippen molar-refractivity contribution in [3.8, 4) is 33.9 Å². The van der Waals surface area contributed by atoms with Gasteiger partial charge < -0.3 is 23.7 Å². The zero-order chi connectivity index (χ0) is 22.1. The Bertz CT molecular complexity index is 1210. The third kappa shape index (κ3) is 3.65. The molecule has 0 saturated carbocycles. The molecule has 2 aromatic carbocycles. The van der Waals surface area contributed by atoms with Crippen LogP contribution in [0.5, 0.6) is 11.5 Å². The Labute approximate surface area is 187 Å². The topological polar surface area (TPSA) is 63.9 Å². The molecule has 32 heavy (non-hydrogen) atoms. The maximum absolute atomic E-state index is 6.39. The highest BCUT2D eigenvalue weighted by Crippen LogP contribution is 2.44. The molecule has 7 heteroatoms. The first kappa shape index (κ1) is 20.3. The molecule has 0 aliphatic carbocycles. The molecule has 2 aromatic heterocycles. The Morgan fingerprint density at radius 2 is 1.53 bits per heavy atom. The molecular formula is C25H26N4O3. The molecule has 0 spiro atoms. The number of hydrogen-bond donors (Lipinski definition) is 0. The zero-order valence-electron chi connectivity index (χ0n) is 18.5. The average Bonchev–Trinajstić information content (AvgIpc) is 3.24. The van der Waals surface area contributed by atoms with Gasteiger partial charge in [-0.15, -0.1) is 0 Å². The summed E-state index contributed by atoms with van der Waals surface area (Å²) < 4.78 is 17.4. The van der Waals surface area contributed by atoms with Gasteiger partial charge in [0.2, 0.25) is 5.71 Å². The lowest BCUT2D eigenvalue weighted by Gasteiger charge is -2.33. The van der Waals surface area contributed by atoms with Crippen LogP contribution >= 0.6 is 0 Å². The fraction of sp³-hybridized carbons (Fsp3) is 0.280. The summed E-state index contributed by atoms with van der Waals surface area (Å²) in [6, 6.07) is 16.0. The van der Waals surface area contributed by atoms with E-state index in [1.54, 1.807) is 20.5 Å². The highest BCUT2D eigenvalue weighted by Gasteiger charge is 2.26. The molecule has 1 aliphatic heterocycles. The van der Waals surface area contributed by atoms with E-state index >= 15 is 0 Å². The van der Waals surface area contributed by atoms with Crippen LogP contribution in [0.2, 0.25) is 0 Å². The van der Waals surface area contributed by atoms with E-state index in [0.717, 1.165) is 59.8 Å². The summed E-state index contributed by atoms with van der Waals surface area (Å²) in [6.07, 6.45) is 1.59. The molecule has 3 heterocycles. The predicted molar refractivity (Wildman–Crippen MR) is 125 cm³/mol. The van der Waals surface area contributed by atoms with Crippen LogP contribution in [0.15, 0.2) is 59.3 Å². The smallest absolute Gasteiger partial charge is 0.232 e. The van der Waals surface area contributed by atoms with Crippen LogP contribution in [-0.2, 0) is 0 Å². The van der Waals surface area contributed by atoms with E-state index in [1.807, 2.05) is 36.4 Å². The van der Waals surface area contributed by atoms with Gasteiger partial charge in [-0.1, -0.05) is 30.3 Å². The van der Waals surface area contributed by atoms with Crippen molar-refractivity contribution >= 4 is 16.9 Å². The zero-order valence-corrected chi connectivity index (χ0v) is 18.5. The molecule has 0 amide bonds. The molecule has 0 unspecified atom stereocenters. The number of benzene rings is 2. The summed E-state index contributed by atoms with van der Waals surface area (Å²) in [5.74, 6) is 3.03. The minimum absolute atomic E-state index is 0.574. The number of rotatable bonds is 5. The Balaban J connectivity index is 1.77. The fourth-order valence-electron chi connectivity index (χ4n) is 4.20. The van der Waals surface area contributed by atoms with Crippen molar-refractivity contribution < 1.29 is 13.9 Å². The van der Waals surface area contributed by atoms with Gasteiger partial charge in [-0.25, -0.2) is 9.97 Å². The monoisotopic (exact) mass is 430 g/mol. The van der Waals surface area contributed by atoms with Gasteiger partial charge in [0.15, 0.2) is 0 Å². The van der Waals surface area contributed by atoms with Crippen molar-refractivity contribution in [2.75, 3.05) is 52.3 Å². The number of ether oxygens (including phenoxy) is 2. The second kappa shape index (κ2) is 8.51. The van der Waals surface area contributed by atoms with Crippen molar-refractivity contribution in [3.05, 3.63) is 54.9 Å². The minimum Gasteiger partial charge on any atom is -0.497 e. The number of anilines is 1. The van der Waals surface area contributed by atoms with E-state index in [9.17, 15) is 0 Å². The number of methoxy groups -OCH3 is 2. The second-order valence-corrected chi connectivity index (χ2v) is 7.94. The lowest BCUT2D eigenvalue weighted by Crippen LogP contribution is -2.44. The van der Waals surface area contributed by atoms with Gasteiger partial charge in [-0.2, -0.15) is 0 Å². The Morgan fingerprint density at radius 3 is 2.19 bits per heavy atom. The van der Waals surface area contributed by atoms with Gasteiger partial charge in [-0.3, -0.25) is 0 Å². The number of fused-ring (bicyclic) bond motifs is 1. The molecular weight excluding hydrogens is 404 g/mol. The summed E-state index contributed by atoms with van der Waals surface area (Å²) in [6.45, 7) is 3.79. The van der Waals surface area contributed by atoms with E-state index in [0.29, 0.717) is 17.2 Å². The third-order valence-electron chi connectivity index (χ3n) is 5.95. The molecule has 0 N–H and O–H groups in total. The largest absolute Gasteiger partial charge is 0.497 e. The summed E-state index contributed by atoms with van der Waals surface area (Å²) in [5, 5.41) is 0.931. The van der Waals surface area contributed by atoms with Gasteiger partial charge in [0.05, 0.1) is 19.6 Å². The molecule has 164 valence electrons. The van der Waals surface area contributed by atoms with Crippen LogP contribution in [0, 0.1) is 0 Å². The first-order valence-corrected chi connectivity index (χ1v) is 10.7. The summed E-state index contributed by atoms with van der Waals surface area (Å²) >= 11 is 0. The Kier molecular flexibility index (Phi) is 5.41. The number of aromatic nitrogens is 2. The first-order valence-electron chi connectivity index (χ1n) is 10.7. The molecule has 7 nitrogen and oxygen atoms in total. The van der Waals surface area contributed by atoms with Gasteiger partial charge in [0, 0.05) is 43.4 Å².